The maximum absolute atomic E-state index is 13.0. The van der Waals surface area contributed by atoms with Crippen molar-refractivity contribution in [2.24, 2.45) is 0 Å². The van der Waals surface area contributed by atoms with Crippen molar-refractivity contribution in [3.8, 4) is 0 Å². The molecule has 0 saturated carbocycles. The summed E-state index contributed by atoms with van der Waals surface area (Å²) in [5, 5.41) is 2.87. The Hall–Kier alpha value is -1.58. The summed E-state index contributed by atoms with van der Waals surface area (Å²) in [7, 11) is 1.71. The average molecular weight is 266 g/mol. The first-order valence-electron chi connectivity index (χ1n) is 6.87. The van der Waals surface area contributed by atoms with E-state index in [0.29, 0.717) is 13.1 Å². The Kier molecular flexibility index (Phi) is 6.93. The molecule has 0 radical (unpaired) electrons. The number of unbranched alkanes of at least 4 members (excludes halogenated alkanes) is 3. The van der Waals surface area contributed by atoms with E-state index in [9.17, 15) is 9.18 Å². The molecule has 0 heterocycles. The van der Waals surface area contributed by atoms with Crippen LogP contribution in [0.5, 0.6) is 0 Å². The normalized spacial score (nSPS) is 10.3. The van der Waals surface area contributed by atoms with E-state index in [4.69, 9.17) is 0 Å². The summed E-state index contributed by atoms with van der Waals surface area (Å²) < 4.78 is 13.0. The fourth-order valence-electron chi connectivity index (χ4n) is 1.86. The van der Waals surface area contributed by atoms with Crippen LogP contribution in [0.3, 0.4) is 0 Å². The van der Waals surface area contributed by atoms with Gasteiger partial charge in [-0.3, -0.25) is 0 Å². The van der Waals surface area contributed by atoms with Crippen LogP contribution < -0.4 is 5.32 Å². The van der Waals surface area contributed by atoms with E-state index in [1.807, 2.05) is 6.07 Å². The van der Waals surface area contributed by atoms with Crippen molar-refractivity contribution in [1.29, 1.82) is 0 Å². The first kappa shape index (κ1) is 15.5. The van der Waals surface area contributed by atoms with Crippen LogP contribution in [0.2, 0.25) is 0 Å². The number of nitrogens with one attached hydrogen (secondary N) is 1. The van der Waals surface area contributed by atoms with E-state index in [0.717, 1.165) is 18.4 Å². The van der Waals surface area contributed by atoms with Gasteiger partial charge in [-0.2, -0.15) is 0 Å². The van der Waals surface area contributed by atoms with Gasteiger partial charge in [0.25, 0.3) is 0 Å². The van der Waals surface area contributed by atoms with Crippen molar-refractivity contribution in [3.63, 3.8) is 0 Å². The third kappa shape index (κ3) is 6.22. The van der Waals surface area contributed by atoms with Gasteiger partial charge in [-0.1, -0.05) is 38.3 Å². The van der Waals surface area contributed by atoms with Gasteiger partial charge in [0.15, 0.2) is 0 Å². The van der Waals surface area contributed by atoms with Crippen molar-refractivity contribution in [2.45, 2.75) is 39.2 Å². The summed E-state index contributed by atoms with van der Waals surface area (Å²) in [6.07, 6.45) is 4.54. The van der Waals surface area contributed by atoms with Crippen molar-refractivity contribution in [1.82, 2.24) is 10.2 Å². The molecule has 3 nitrogen and oxygen atoms in total. The van der Waals surface area contributed by atoms with Crippen LogP contribution in [0.15, 0.2) is 24.3 Å². The lowest BCUT2D eigenvalue weighted by Gasteiger charge is -2.18. The van der Waals surface area contributed by atoms with E-state index < -0.39 is 0 Å². The topological polar surface area (TPSA) is 32.3 Å². The standard InChI is InChI=1S/C15H23FN2O/c1-3-4-5-6-10-17-15(19)18(2)12-13-8-7-9-14(16)11-13/h7-9,11H,3-6,10,12H2,1-2H3,(H,17,19). The molecule has 0 aliphatic carbocycles. The predicted molar refractivity (Wildman–Crippen MR) is 75.4 cm³/mol. The number of amides is 2. The Morgan fingerprint density at radius 3 is 2.79 bits per heavy atom. The Balaban J connectivity index is 2.28. The summed E-state index contributed by atoms with van der Waals surface area (Å²) in [5.74, 6) is -0.272. The Labute approximate surface area is 114 Å². The number of halogens is 1. The van der Waals surface area contributed by atoms with Crippen LogP contribution >= 0.6 is 0 Å². The third-order valence-electron chi connectivity index (χ3n) is 2.96. The summed E-state index contributed by atoms with van der Waals surface area (Å²) in [5.41, 5.74) is 0.795. The van der Waals surface area contributed by atoms with Gasteiger partial charge in [-0.05, 0) is 24.1 Å². The molecule has 4 heteroatoms. The lowest BCUT2D eigenvalue weighted by atomic mass is 10.2. The molecule has 1 aromatic carbocycles. The number of carbonyl (C=O) groups is 1. The van der Waals surface area contributed by atoms with Crippen molar-refractivity contribution >= 4 is 6.03 Å². The summed E-state index contributed by atoms with van der Waals surface area (Å²) in [6, 6.07) is 6.21. The Morgan fingerprint density at radius 1 is 1.32 bits per heavy atom. The Morgan fingerprint density at radius 2 is 2.11 bits per heavy atom. The molecule has 1 aromatic rings. The molecule has 0 aromatic heterocycles. The lowest BCUT2D eigenvalue weighted by molar-refractivity contribution is 0.206. The van der Waals surface area contributed by atoms with Crippen LogP contribution in [0.4, 0.5) is 9.18 Å². The number of benzene rings is 1. The number of hydrogen-bond donors (Lipinski definition) is 1. The van der Waals surface area contributed by atoms with Crippen LogP contribution in [-0.2, 0) is 6.54 Å². The highest BCUT2D eigenvalue weighted by Gasteiger charge is 2.08. The molecule has 106 valence electrons. The molecule has 2 amide bonds. The first-order chi connectivity index (χ1) is 9.13. The van der Waals surface area contributed by atoms with E-state index in [-0.39, 0.29) is 11.8 Å². The maximum atomic E-state index is 13.0. The molecular weight excluding hydrogens is 243 g/mol. The number of rotatable bonds is 7. The molecule has 0 aliphatic heterocycles. The smallest absolute Gasteiger partial charge is 0.317 e. The third-order valence-corrected chi connectivity index (χ3v) is 2.96. The molecule has 1 N–H and O–H groups in total. The molecule has 0 fully saturated rings. The monoisotopic (exact) mass is 266 g/mol. The molecule has 1 rings (SSSR count). The highest BCUT2D eigenvalue weighted by Crippen LogP contribution is 2.06. The summed E-state index contributed by atoms with van der Waals surface area (Å²) in [4.78, 5) is 13.4. The van der Waals surface area contributed by atoms with E-state index in [2.05, 4.69) is 12.2 Å². The second kappa shape index (κ2) is 8.51. The molecule has 19 heavy (non-hydrogen) atoms. The minimum absolute atomic E-state index is 0.110. The molecule has 0 atom stereocenters. The number of urea groups is 1. The van der Waals surface area contributed by atoms with E-state index in [1.54, 1.807) is 18.0 Å². The van der Waals surface area contributed by atoms with Gasteiger partial charge in [0.05, 0.1) is 0 Å². The lowest BCUT2D eigenvalue weighted by Crippen LogP contribution is -2.37. The highest BCUT2D eigenvalue weighted by molar-refractivity contribution is 5.73. The second-order valence-electron chi connectivity index (χ2n) is 4.78. The number of hydrogen-bond acceptors (Lipinski definition) is 1. The summed E-state index contributed by atoms with van der Waals surface area (Å²) in [6.45, 7) is 3.27. The zero-order chi connectivity index (χ0) is 14.1. The molecule has 0 saturated heterocycles. The quantitative estimate of drug-likeness (QED) is 0.752. The van der Waals surface area contributed by atoms with Gasteiger partial charge in [-0.15, -0.1) is 0 Å². The molecule has 0 aliphatic rings. The molecule has 0 bridgehead atoms. The first-order valence-corrected chi connectivity index (χ1v) is 6.87. The zero-order valence-corrected chi connectivity index (χ0v) is 11.8. The minimum atomic E-state index is -0.272. The largest absolute Gasteiger partial charge is 0.338 e. The van der Waals surface area contributed by atoms with Gasteiger partial charge >= 0.3 is 6.03 Å². The number of nitrogens with zero attached hydrogens (tertiary/aromatic N) is 1. The average Bonchev–Trinajstić information content (AvgIpc) is 2.38. The van der Waals surface area contributed by atoms with Crippen molar-refractivity contribution < 1.29 is 9.18 Å². The summed E-state index contributed by atoms with van der Waals surface area (Å²) >= 11 is 0. The van der Waals surface area contributed by atoms with Crippen molar-refractivity contribution in [2.75, 3.05) is 13.6 Å². The maximum Gasteiger partial charge on any atom is 0.317 e. The number of carbonyl (C=O) groups excluding carboxylic acids is 1. The highest BCUT2D eigenvalue weighted by atomic mass is 19.1. The SMILES string of the molecule is CCCCCCNC(=O)N(C)Cc1cccc(F)c1. The van der Waals surface area contributed by atoms with Crippen LogP contribution in [0.1, 0.15) is 38.2 Å². The van der Waals surface area contributed by atoms with Crippen LogP contribution in [0.25, 0.3) is 0 Å². The fraction of sp³-hybridized carbons (Fsp3) is 0.533. The van der Waals surface area contributed by atoms with Gasteiger partial charge in [0, 0.05) is 20.1 Å². The zero-order valence-electron chi connectivity index (χ0n) is 11.8. The van der Waals surface area contributed by atoms with Gasteiger partial charge < -0.3 is 10.2 Å². The minimum Gasteiger partial charge on any atom is -0.338 e. The van der Waals surface area contributed by atoms with E-state index >= 15 is 0 Å². The van der Waals surface area contributed by atoms with Crippen molar-refractivity contribution in [3.05, 3.63) is 35.6 Å². The molecule has 0 spiro atoms. The second-order valence-corrected chi connectivity index (χ2v) is 4.78. The van der Waals surface area contributed by atoms with Gasteiger partial charge in [-0.25, -0.2) is 9.18 Å². The van der Waals surface area contributed by atoms with Gasteiger partial charge in [0.2, 0.25) is 0 Å². The Bertz CT molecular complexity index is 395. The van der Waals surface area contributed by atoms with Gasteiger partial charge in [0.1, 0.15) is 5.82 Å². The molecular formula is C15H23FN2O. The van der Waals surface area contributed by atoms with Crippen LogP contribution in [-0.4, -0.2) is 24.5 Å². The van der Waals surface area contributed by atoms with Crippen LogP contribution in [0, 0.1) is 5.82 Å². The fourth-order valence-corrected chi connectivity index (χ4v) is 1.86. The predicted octanol–water partition coefficient (Wildman–Crippen LogP) is 3.55. The molecule has 0 unspecified atom stereocenters. The van der Waals surface area contributed by atoms with E-state index in [1.165, 1.54) is 25.0 Å².